The van der Waals surface area contributed by atoms with Gasteiger partial charge in [-0.2, -0.15) is 0 Å². The third-order valence-electron chi connectivity index (χ3n) is 2.60. The number of pyridine rings is 1. The smallest absolute Gasteiger partial charge is 0.0648 e. The number of nitrogens with zero attached hydrogens (tertiary/aromatic N) is 1. The fourth-order valence-corrected chi connectivity index (χ4v) is 2.04. The third-order valence-corrected chi connectivity index (χ3v) is 2.91. The Balaban J connectivity index is 2.23. The van der Waals surface area contributed by atoms with E-state index < -0.39 is 0 Å². The molecule has 2 nitrogen and oxygen atoms in total. The number of aromatic amines is 1. The zero-order valence-corrected chi connectivity index (χ0v) is 9.20. The number of H-pyrrole nitrogens is 1. The molecule has 78 valence electrons. The maximum Gasteiger partial charge on any atom is 0.0648 e. The quantitative estimate of drug-likeness (QED) is 0.673. The summed E-state index contributed by atoms with van der Waals surface area (Å²) in [5.41, 5.74) is 3.16. The van der Waals surface area contributed by atoms with Crippen LogP contribution in [0.2, 0.25) is 5.02 Å². The van der Waals surface area contributed by atoms with Crippen LogP contribution in [-0.2, 0) is 0 Å². The van der Waals surface area contributed by atoms with E-state index in [0.717, 1.165) is 27.2 Å². The first kappa shape index (κ1) is 9.43. The number of nitrogens with one attached hydrogen (secondary N) is 1. The van der Waals surface area contributed by atoms with Gasteiger partial charge in [0.2, 0.25) is 0 Å². The molecule has 0 amide bonds. The molecule has 0 fully saturated rings. The van der Waals surface area contributed by atoms with Gasteiger partial charge in [0.25, 0.3) is 0 Å². The first-order chi connectivity index (χ1) is 7.84. The number of halogens is 1. The lowest BCUT2D eigenvalue weighted by Gasteiger charge is -1.95. The lowest BCUT2D eigenvalue weighted by molar-refractivity contribution is 1.32. The highest BCUT2D eigenvalue weighted by molar-refractivity contribution is 6.35. The van der Waals surface area contributed by atoms with Crippen LogP contribution in [0.4, 0.5) is 0 Å². The van der Waals surface area contributed by atoms with Crippen molar-refractivity contribution in [2.75, 3.05) is 0 Å². The van der Waals surface area contributed by atoms with Crippen molar-refractivity contribution in [3.05, 3.63) is 53.8 Å². The first-order valence-electron chi connectivity index (χ1n) is 5.02. The highest BCUT2D eigenvalue weighted by Gasteiger charge is 2.04. The second-order valence-corrected chi connectivity index (χ2v) is 4.03. The summed E-state index contributed by atoms with van der Waals surface area (Å²) in [5, 5.41) is 1.87. The number of fused-ring (bicyclic) bond motifs is 1. The van der Waals surface area contributed by atoms with E-state index in [2.05, 4.69) is 16.0 Å². The van der Waals surface area contributed by atoms with Gasteiger partial charge < -0.3 is 4.98 Å². The second kappa shape index (κ2) is 3.65. The summed E-state index contributed by atoms with van der Waals surface area (Å²) in [6.45, 7) is 0. The first-order valence-corrected chi connectivity index (χ1v) is 5.40. The molecular formula is C13H9ClN2. The molecule has 2 aromatic heterocycles. The predicted molar refractivity (Wildman–Crippen MR) is 66.5 cm³/mol. The molecule has 0 saturated heterocycles. The lowest BCUT2D eigenvalue weighted by Crippen LogP contribution is -1.77. The van der Waals surface area contributed by atoms with Gasteiger partial charge in [0.1, 0.15) is 0 Å². The minimum atomic E-state index is 0.748. The molecule has 0 atom stereocenters. The van der Waals surface area contributed by atoms with Gasteiger partial charge in [0, 0.05) is 29.0 Å². The number of hydrogen-bond acceptors (Lipinski definition) is 1. The Morgan fingerprint density at radius 2 is 1.88 bits per heavy atom. The number of para-hydroxylation sites is 1. The van der Waals surface area contributed by atoms with Crippen molar-refractivity contribution in [3.63, 3.8) is 0 Å². The van der Waals surface area contributed by atoms with Crippen molar-refractivity contribution < 1.29 is 0 Å². The van der Waals surface area contributed by atoms with Crippen LogP contribution in [0.5, 0.6) is 0 Å². The molecule has 0 bridgehead atoms. The number of hydrogen-bond donors (Lipinski definition) is 1. The van der Waals surface area contributed by atoms with Gasteiger partial charge in [-0.15, -0.1) is 0 Å². The van der Waals surface area contributed by atoms with Crippen LogP contribution in [0.15, 0.2) is 48.8 Å². The predicted octanol–water partition coefficient (Wildman–Crippen LogP) is 3.88. The third kappa shape index (κ3) is 1.48. The summed E-state index contributed by atoms with van der Waals surface area (Å²) >= 11 is 6.11. The summed E-state index contributed by atoms with van der Waals surface area (Å²) < 4.78 is 0. The molecule has 3 heteroatoms. The van der Waals surface area contributed by atoms with Crippen LogP contribution in [0.3, 0.4) is 0 Å². The van der Waals surface area contributed by atoms with E-state index in [1.165, 1.54) is 0 Å². The van der Waals surface area contributed by atoms with Crippen LogP contribution < -0.4 is 0 Å². The van der Waals surface area contributed by atoms with E-state index in [1.54, 1.807) is 12.4 Å². The topological polar surface area (TPSA) is 28.7 Å². The summed E-state index contributed by atoms with van der Waals surface area (Å²) in [6.07, 6.45) is 3.56. The Labute approximate surface area is 97.9 Å². The summed E-state index contributed by atoms with van der Waals surface area (Å²) in [4.78, 5) is 7.32. The van der Waals surface area contributed by atoms with Crippen molar-refractivity contribution in [1.82, 2.24) is 9.97 Å². The largest absolute Gasteiger partial charge is 0.353 e. The molecule has 0 unspecified atom stereocenters. The molecule has 1 aromatic carbocycles. The van der Waals surface area contributed by atoms with Gasteiger partial charge in [-0.3, -0.25) is 4.98 Å². The monoisotopic (exact) mass is 228 g/mol. The molecule has 0 aliphatic carbocycles. The van der Waals surface area contributed by atoms with E-state index >= 15 is 0 Å². The van der Waals surface area contributed by atoms with E-state index in [4.69, 9.17) is 11.6 Å². The molecule has 0 radical (unpaired) electrons. The molecule has 16 heavy (non-hydrogen) atoms. The fourth-order valence-electron chi connectivity index (χ4n) is 1.81. The van der Waals surface area contributed by atoms with E-state index in [-0.39, 0.29) is 0 Å². The summed E-state index contributed by atoms with van der Waals surface area (Å²) in [6, 6.07) is 11.9. The van der Waals surface area contributed by atoms with E-state index in [0.29, 0.717) is 0 Å². The van der Waals surface area contributed by atoms with Crippen LogP contribution in [0.1, 0.15) is 0 Å². The van der Waals surface area contributed by atoms with Gasteiger partial charge in [-0.1, -0.05) is 23.7 Å². The minimum Gasteiger partial charge on any atom is -0.353 e. The SMILES string of the molecule is Clc1cccc2cc(-c3ccncc3)[nH]c12. The average Bonchev–Trinajstić information content (AvgIpc) is 2.76. The van der Waals surface area contributed by atoms with Crippen molar-refractivity contribution in [2.45, 2.75) is 0 Å². The number of aromatic nitrogens is 2. The Hall–Kier alpha value is -1.80. The zero-order chi connectivity index (χ0) is 11.0. The van der Waals surface area contributed by atoms with Gasteiger partial charge in [-0.05, 0) is 24.3 Å². The number of benzene rings is 1. The van der Waals surface area contributed by atoms with Crippen LogP contribution >= 0.6 is 11.6 Å². The molecule has 1 N–H and O–H groups in total. The fraction of sp³-hybridized carbons (Fsp3) is 0. The van der Waals surface area contributed by atoms with E-state index in [1.807, 2.05) is 30.3 Å². The maximum absolute atomic E-state index is 6.11. The minimum absolute atomic E-state index is 0.748. The normalized spacial score (nSPS) is 10.8. The highest BCUT2D eigenvalue weighted by atomic mass is 35.5. The number of rotatable bonds is 1. The Morgan fingerprint density at radius 1 is 1.06 bits per heavy atom. The molecule has 3 rings (SSSR count). The zero-order valence-electron chi connectivity index (χ0n) is 8.44. The molecular weight excluding hydrogens is 220 g/mol. The standard InChI is InChI=1S/C13H9ClN2/c14-11-3-1-2-10-8-12(16-13(10)11)9-4-6-15-7-5-9/h1-8,16H. The van der Waals surface area contributed by atoms with Gasteiger partial charge in [0.05, 0.1) is 10.5 Å². The summed E-state index contributed by atoms with van der Waals surface area (Å²) in [5.74, 6) is 0. The van der Waals surface area contributed by atoms with Gasteiger partial charge >= 0.3 is 0 Å². The average molecular weight is 229 g/mol. The Morgan fingerprint density at radius 3 is 2.62 bits per heavy atom. The Kier molecular flexibility index (Phi) is 2.15. The molecule has 0 aliphatic rings. The molecule has 0 aliphatic heterocycles. The Bertz CT molecular complexity index is 629. The molecule has 0 saturated carbocycles. The molecule has 3 aromatic rings. The van der Waals surface area contributed by atoms with Gasteiger partial charge in [-0.25, -0.2) is 0 Å². The summed E-state index contributed by atoms with van der Waals surface area (Å²) in [7, 11) is 0. The molecule has 0 spiro atoms. The lowest BCUT2D eigenvalue weighted by atomic mass is 10.2. The van der Waals surface area contributed by atoms with Crippen LogP contribution in [0.25, 0.3) is 22.2 Å². The van der Waals surface area contributed by atoms with Crippen molar-refractivity contribution in [3.8, 4) is 11.3 Å². The van der Waals surface area contributed by atoms with Crippen LogP contribution in [0, 0.1) is 0 Å². The maximum atomic E-state index is 6.11. The molecule has 2 heterocycles. The highest BCUT2D eigenvalue weighted by Crippen LogP contribution is 2.27. The second-order valence-electron chi connectivity index (χ2n) is 3.62. The van der Waals surface area contributed by atoms with Crippen molar-refractivity contribution in [2.24, 2.45) is 0 Å². The van der Waals surface area contributed by atoms with Gasteiger partial charge in [0.15, 0.2) is 0 Å². The van der Waals surface area contributed by atoms with Crippen LogP contribution in [-0.4, -0.2) is 9.97 Å². The van der Waals surface area contributed by atoms with Crippen molar-refractivity contribution >= 4 is 22.5 Å². The van der Waals surface area contributed by atoms with Crippen molar-refractivity contribution in [1.29, 1.82) is 0 Å². The van der Waals surface area contributed by atoms with E-state index in [9.17, 15) is 0 Å².